The van der Waals surface area contributed by atoms with Gasteiger partial charge in [0.15, 0.2) is 29.1 Å². The van der Waals surface area contributed by atoms with Gasteiger partial charge in [-0.25, -0.2) is 9.78 Å². The van der Waals surface area contributed by atoms with E-state index in [1.807, 2.05) is 37.3 Å². The molecule has 1 aromatic heterocycles. The van der Waals surface area contributed by atoms with Crippen LogP contribution in [0.4, 0.5) is 0 Å². The fourth-order valence-electron chi connectivity index (χ4n) is 3.15. The van der Waals surface area contributed by atoms with Gasteiger partial charge in [-0.1, -0.05) is 6.07 Å². The first-order valence-electron chi connectivity index (χ1n) is 8.75. The molecule has 7 nitrogen and oxygen atoms in total. The molecule has 1 aliphatic heterocycles. The van der Waals surface area contributed by atoms with Crippen LogP contribution in [-0.4, -0.2) is 36.1 Å². The molecule has 1 aliphatic rings. The number of fused-ring (bicyclic) bond motifs is 2. The Kier molecular flexibility index (Phi) is 4.43. The molecule has 1 N–H and O–H groups in total. The molecular formula is C21H19NO6. The third-order valence-electron chi connectivity index (χ3n) is 4.63. The van der Waals surface area contributed by atoms with Crippen LogP contribution in [-0.2, 0) is 4.79 Å². The van der Waals surface area contributed by atoms with Crippen molar-refractivity contribution in [2.75, 3.05) is 13.9 Å². The van der Waals surface area contributed by atoms with Crippen molar-refractivity contribution < 1.29 is 28.8 Å². The minimum absolute atomic E-state index is 0.193. The average Bonchev–Trinajstić information content (AvgIpc) is 3.14. The van der Waals surface area contributed by atoms with Crippen LogP contribution >= 0.6 is 0 Å². The predicted molar refractivity (Wildman–Crippen MR) is 102 cm³/mol. The second-order valence-corrected chi connectivity index (χ2v) is 6.48. The highest BCUT2D eigenvalue weighted by Gasteiger charge is 2.21. The van der Waals surface area contributed by atoms with Crippen molar-refractivity contribution in [3.8, 4) is 34.3 Å². The van der Waals surface area contributed by atoms with Crippen molar-refractivity contribution in [2.45, 2.75) is 20.0 Å². The molecule has 0 amide bonds. The number of methoxy groups -OCH3 is 1. The summed E-state index contributed by atoms with van der Waals surface area (Å²) in [6, 6.07) is 11.0. The molecule has 2 aromatic carbocycles. The minimum atomic E-state index is -1.06. The van der Waals surface area contributed by atoms with E-state index in [1.165, 1.54) is 14.0 Å². The molecule has 0 spiro atoms. The van der Waals surface area contributed by atoms with E-state index in [-0.39, 0.29) is 6.79 Å². The smallest absolute Gasteiger partial charge is 0.344 e. The third-order valence-corrected chi connectivity index (χ3v) is 4.63. The maximum Gasteiger partial charge on any atom is 0.344 e. The minimum Gasteiger partial charge on any atom is -0.493 e. The standard InChI is InChI=1S/C21H19NO6/c1-11-7-15(22-16-9-19-18(8-14(11)16)26-10-27-19)13-5-4-6-17(25-3)20(13)28-12(2)21(23)24/h4-9,12H,10H2,1-3H3,(H,23,24). The number of rotatable bonds is 5. The lowest BCUT2D eigenvalue weighted by Crippen LogP contribution is -2.23. The number of carbonyl (C=O) groups is 1. The summed E-state index contributed by atoms with van der Waals surface area (Å²) in [5, 5.41) is 10.2. The molecule has 0 aliphatic carbocycles. The van der Waals surface area contributed by atoms with Gasteiger partial charge in [0.25, 0.3) is 0 Å². The Balaban J connectivity index is 1.88. The first kappa shape index (κ1) is 17.9. The van der Waals surface area contributed by atoms with Crippen molar-refractivity contribution in [3.05, 3.63) is 42.0 Å². The molecule has 28 heavy (non-hydrogen) atoms. The number of aryl methyl sites for hydroxylation is 1. The van der Waals surface area contributed by atoms with Crippen molar-refractivity contribution in [1.29, 1.82) is 0 Å². The zero-order valence-corrected chi connectivity index (χ0v) is 15.7. The van der Waals surface area contributed by atoms with Crippen LogP contribution in [0.5, 0.6) is 23.0 Å². The van der Waals surface area contributed by atoms with Gasteiger partial charge in [-0.2, -0.15) is 0 Å². The van der Waals surface area contributed by atoms with Crippen LogP contribution in [0.25, 0.3) is 22.2 Å². The Labute approximate surface area is 161 Å². The van der Waals surface area contributed by atoms with Crippen molar-refractivity contribution in [1.82, 2.24) is 4.98 Å². The molecular weight excluding hydrogens is 362 g/mol. The number of benzene rings is 2. The van der Waals surface area contributed by atoms with Crippen LogP contribution in [0.2, 0.25) is 0 Å². The maximum atomic E-state index is 11.3. The van der Waals surface area contributed by atoms with E-state index in [4.69, 9.17) is 23.9 Å². The number of para-hydroxylation sites is 1. The van der Waals surface area contributed by atoms with E-state index >= 15 is 0 Å². The van der Waals surface area contributed by atoms with Crippen LogP contribution in [0.3, 0.4) is 0 Å². The summed E-state index contributed by atoms with van der Waals surface area (Å²) >= 11 is 0. The molecule has 0 fully saturated rings. The van der Waals surface area contributed by atoms with Crippen molar-refractivity contribution in [3.63, 3.8) is 0 Å². The summed E-state index contributed by atoms with van der Waals surface area (Å²) < 4.78 is 22.0. The molecule has 144 valence electrons. The molecule has 1 atom stereocenters. The van der Waals surface area contributed by atoms with Gasteiger partial charge in [0.2, 0.25) is 6.79 Å². The third kappa shape index (κ3) is 3.05. The fraction of sp³-hybridized carbons (Fsp3) is 0.238. The average molecular weight is 381 g/mol. The summed E-state index contributed by atoms with van der Waals surface area (Å²) in [5.74, 6) is 1.07. The van der Waals surface area contributed by atoms with Gasteiger partial charge in [0.05, 0.1) is 18.3 Å². The lowest BCUT2D eigenvalue weighted by Gasteiger charge is -2.18. The van der Waals surface area contributed by atoms with E-state index in [1.54, 1.807) is 6.07 Å². The molecule has 0 saturated carbocycles. The van der Waals surface area contributed by atoms with Gasteiger partial charge in [-0.05, 0) is 43.7 Å². The highest BCUT2D eigenvalue weighted by molar-refractivity contribution is 5.89. The van der Waals surface area contributed by atoms with Gasteiger partial charge in [0, 0.05) is 17.0 Å². The zero-order valence-electron chi connectivity index (χ0n) is 15.7. The van der Waals surface area contributed by atoms with E-state index in [0.717, 1.165) is 16.5 Å². The Bertz CT molecular complexity index is 1080. The van der Waals surface area contributed by atoms with Crippen LogP contribution < -0.4 is 18.9 Å². The first-order chi connectivity index (χ1) is 13.5. The number of nitrogens with zero attached hydrogens (tertiary/aromatic N) is 1. The number of carboxylic acid groups (broad SMARTS) is 1. The number of hydrogen-bond donors (Lipinski definition) is 1. The monoisotopic (exact) mass is 381 g/mol. The highest BCUT2D eigenvalue weighted by atomic mass is 16.7. The van der Waals surface area contributed by atoms with Gasteiger partial charge in [-0.3, -0.25) is 0 Å². The van der Waals surface area contributed by atoms with E-state index < -0.39 is 12.1 Å². The lowest BCUT2D eigenvalue weighted by molar-refractivity contribution is -0.144. The number of hydrogen-bond acceptors (Lipinski definition) is 6. The van der Waals surface area contributed by atoms with Gasteiger partial charge in [0.1, 0.15) is 0 Å². The molecule has 0 saturated heterocycles. The first-order valence-corrected chi connectivity index (χ1v) is 8.75. The van der Waals surface area contributed by atoms with Crippen LogP contribution in [0.1, 0.15) is 12.5 Å². The van der Waals surface area contributed by atoms with Crippen molar-refractivity contribution in [2.24, 2.45) is 0 Å². The Hall–Kier alpha value is -3.48. The fourth-order valence-corrected chi connectivity index (χ4v) is 3.15. The molecule has 0 radical (unpaired) electrons. The number of carboxylic acids is 1. The topological polar surface area (TPSA) is 87.1 Å². The number of aromatic nitrogens is 1. The quantitative estimate of drug-likeness (QED) is 0.719. The summed E-state index contributed by atoms with van der Waals surface area (Å²) in [5.41, 5.74) is 3.04. The second kappa shape index (κ2) is 6.92. The predicted octanol–water partition coefficient (Wildman–Crippen LogP) is 3.80. The number of pyridine rings is 1. The van der Waals surface area contributed by atoms with Crippen LogP contribution in [0, 0.1) is 6.92 Å². The van der Waals surface area contributed by atoms with Gasteiger partial charge in [-0.15, -0.1) is 0 Å². The summed E-state index contributed by atoms with van der Waals surface area (Å²) in [6.45, 7) is 3.65. The molecule has 7 heteroatoms. The molecule has 2 heterocycles. The summed E-state index contributed by atoms with van der Waals surface area (Å²) in [4.78, 5) is 16.0. The zero-order chi connectivity index (χ0) is 19.8. The largest absolute Gasteiger partial charge is 0.493 e. The SMILES string of the molecule is COc1cccc(-c2cc(C)c3cc4c(cc3n2)OCO4)c1OC(C)C(=O)O. The normalized spacial score (nSPS) is 13.4. The molecule has 4 rings (SSSR count). The molecule has 0 bridgehead atoms. The molecule has 1 unspecified atom stereocenters. The number of aliphatic carboxylic acids is 1. The summed E-state index contributed by atoms with van der Waals surface area (Å²) in [7, 11) is 1.51. The Morgan fingerprint density at radius 3 is 2.68 bits per heavy atom. The lowest BCUT2D eigenvalue weighted by atomic mass is 10.0. The molecule has 3 aromatic rings. The van der Waals surface area contributed by atoms with E-state index in [9.17, 15) is 9.90 Å². The Morgan fingerprint density at radius 2 is 1.96 bits per heavy atom. The van der Waals surface area contributed by atoms with E-state index in [0.29, 0.717) is 34.3 Å². The Morgan fingerprint density at radius 1 is 1.21 bits per heavy atom. The number of ether oxygens (including phenoxy) is 4. The van der Waals surface area contributed by atoms with Crippen LogP contribution in [0.15, 0.2) is 36.4 Å². The van der Waals surface area contributed by atoms with Crippen molar-refractivity contribution >= 4 is 16.9 Å². The van der Waals surface area contributed by atoms with E-state index in [2.05, 4.69) is 0 Å². The van der Waals surface area contributed by atoms with Gasteiger partial charge < -0.3 is 24.1 Å². The highest BCUT2D eigenvalue weighted by Crippen LogP contribution is 2.41. The summed E-state index contributed by atoms with van der Waals surface area (Å²) in [6.07, 6.45) is -1.04. The second-order valence-electron chi connectivity index (χ2n) is 6.48. The maximum absolute atomic E-state index is 11.3. The van der Waals surface area contributed by atoms with Gasteiger partial charge >= 0.3 is 5.97 Å².